The highest BCUT2D eigenvalue weighted by atomic mass is 19.4. The van der Waals surface area contributed by atoms with Crippen LogP contribution in [0.4, 0.5) is 13.2 Å². The van der Waals surface area contributed by atoms with Gasteiger partial charge in [0.2, 0.25) is 0 Å². The second-order valence-corrected chi connectivity index (χ2v) is 5.71. The minimum atomic E-state index is -4.51. The quantitative estimate of drug-likeness (QED) is 0.506. The van der Waals surface area contributed by atoms with Gasteiger partial charge in [0.15, 0.2) is 0 Å². The highest BCUT2D eigenvalue weighted by Crippen LogP contribution is 2.42. The molecule has 0 amide bonds. The first-order valence-electron chi connectivity index (χ1n) is 8.07. The monoisotopic (exact) mass is 354 g/mol. The van der Waals surface area contributed by atoms with Crippen LogP contribution in [-0.4, -0.2) is 13.3 Å². The van der Waals surface area contributed by atoms with Crippen molar-refractivity contribution in [2.24, 2.45) is 0 Å². The summed E-state index contributed by atoms with van der Waals surface area (Å²) < 4.78 is 47.4. The van der Waals surface area contributed by atoms with Crippen molar-refractivity contribution in [1.29, 1.82) is 0 Å². The summed E-state index contributed by atoms with van der Waals surface area (Å²) in [5, 5.41) is 0. The van der Waals surface area contributed by atoms with Crippen LogP contribution in [-0.2, 0) is 0 Å². The van der Waals surface area contributed by atoms with Gasteiger partial charge in [-0.05, 0) is 28.8 Å². The topological polar surface area (TPSA) is 9.23 Å². The van der Waals surface area contributed by atoms with Crippen LogP contribution in [0.5, 0.6) is 5.75 Å². The van der Waals surface area contributed by atoms with E-state index in [1.807, 2.05) is 0 Å². The Hall–Kier alpha value is -3.01. The van der Waals surface area contributed by atoms with Gasteiger partial charge in [0, 0.05) is 5.57 Å². The summed E-state index contributed by atoms with van der Waals surface area (Å²) in [6.45, 7) is 0. The Kier molecular flexibility index (Phi) is 5.12. The first kappa shape index (κ1) is 17.8. The van der Waals surface area contributed by atoms with Crippen LogP contribution in [0.15, 0.2) is 84.9 Å². The van der Waals surface area contributed by atoms with Crippen molar-refractivity contribution >= 4 is 11.1 Å². The van der Waals surface area contributed by atoms with Crippen molar-refractivity contribution in [3.63, 3.8) is 0 Å². The summed E-state index contributed by atoms with van der Waals surface area (Å²) in [6, 6.07) is 23.1. The van der Waals surface area contributed by atoms with Crippen molar-refractivity contribution in [1.82, 2.24) is 0 Å². The molecule has 0 atom stereocenters. The maximum absolute atomic E-state index is 14.1. The van der Waals surface area contributed by atoms with Gasteiger partial charge in [0.05, 0.1) is 12.7 Å². The third kappa shape index (κ3) is 3.80. The van der Waals surface area contributed by atoms with Crippen LogP contribution < -0.4 is 4.74 Å². The van der Waals surface area contributed by atoms with Gasteiger partial charge in [-0.25, -0.2) is 0 Å². The van der Waals surface area contributed by atoms with E-state index in [0.29, 0.717) is 16.9 Å². The SMILES string of the molecule is COc1ccc(/C(=C(/c2ccccc2)C(F)(F)F)c2ccccc2)cc1. The second-order valence-electron chi connectivity index (χ2n) is 5.71. The van der Waals surface area contributed by atoms with E-state index >= 15 is 0 Å². The van der Waals surface area contributed by atoms with Crippen molar-refractivity contribution in [3.8, 4) is 5.75 Å². The maximum Gasteiger partial charge on any atom is 0.417 e. The number of allylic oxidation sites excluding steroid dienone is 1. The van der Waals surface area contributed by atoms with Gasteiger partial charge < -0.3 is 4.74 Å². The fourth-order valence-corrected chi connectivity index (χ4v) is 2.87. The third-order valence-corrected chi connectivity index (χ3v) is 4.04. The molecule has 0 saturated heterocycles. The number of halogens is 3. The average molecular weight is 354 g/mol. The molecule has 0 N–H and O–H groups in total. The molecule has 0 saturated carbocycles. The molecule has 132 valence electrons. The molecule has 3 aromatic rings. The van der Waals surface area contributed by atoms with Crippen molar-refractivity contribution in [2.45, 2.75) is 6.18 Å². The molecule has 0 fully saturated rings. The van der Waals surface area contributed by atoms with Gasteiger partial charge in [-0.15, -0.1) is 0 Å². The van der Waals surface area contributed by atoms with Crippen LogP contribution in [0, 0.1) is 0 Å². The number of alkyl halides is 3. The van der Waals surface area contributed by atoms with E-state index in [0.717, 1.165) is 0 Å². The van der Waals surface area contributed by atoms with E-state index in [-0.39, 0.29) is 11.1 Å². The molecule has 0 aliphatic rings. The van der Waals surface area contributed by atoms with E-state index in [9.17, 15) is 13.2 Å². The number of hydrogen-bond acceptors (Lipinski definition) is 1. The van der Waals surface area contributed by atoms with Gasteiger partial charge in [0.1, 0.15) is 5.75 Å². The molecule has 0 aliphatic heterocycles. The molecule has 0 heterocycles. The summed E-state index contributed by atoms with van der Waals surface area (Å²) in [7, 11) is 1.52. The molecular formula is C22H17F3O. The summed E-state index contributed by atoms with van der Waals surface area (Å²) in [5.41, 5.74) is 0.609. The summed E-state index contributed by atoms with van der Waals surface area (Å²) in [5.74, 6) is 0.592. The Labute approximate surface area is 150 Å². The molecule has 3 rings (SSSR count). The van der Waals surface area contributed by atoms with Crippen LogP contribution in [0.2, 0.25) is 0 Å². The molecule has 0 unspecified atom stereocenters. The molecule has 4 heteroatoms. The Morgan fingerprint density at radius 3 is 1.58 bits per heavy atom. The van der Waals surface area contributed by atoms with E-state index in [4.69, 9.17) is 4.74 Å². The normalized spacial score (nSPS) is 12.5. The predicted molar refractivity (Wildman–Crippen MR) is 97.8 cm³/mol. The first-order chi connectivity index (χ1) is 12.5. The molecule has 26 heavy (non-hydrogen) atoms. The largest absolute Gasteiger partial charge is 0.497 e. The molecule has 3 aromatic carbocycles. The zero-order chi connectivity index (χ0) is 18.6. The average Bonchev–Trinajstić information content (AvgIpc) is 2.66. The van der Waals surface area contributed by atoms with Gasteiger partial charge in [-0.1, -0.05) is 72.8 Å². The second kappa shape index (κ2) is 7.48. The minimum Gasteiger partial charge on any atom is -0.497 e. The fourth-order valence-electron chi connectivity index (χ4n) is 2.87. The van der Waals surface area contributed by atoms with Crippen molar-refractivity contribution < 1.29 is 17.9 Å². The molecule has 0 aliphatic carbocycles. The first-order valence-corrected chi connectivity index (χ1v) is 8.07. The third-order valence-electron chi connectivity index (χ3n) is 4.04. The maximum atomic E-state index is 14.1. The lowest BCUT2D eigenvalue weighted by molar-refractivity contribution is -0.0685. The summed E-state index contributed by atoms with van der Waals surface area (Å²) >= 11 is 0. The van der Waals surface area contributed by atoms with Crippen molar-refractivity contribution in [3.05, 3.63) is 102 Å². The smallest absolute Gasteiger partial charge is 0.417 e. The number of methoxy groups -OCH3 is 1. The molecule has 0 aromatic heterocycles. The van der Waals surface area contributed by atoms with Crippen LogP contribution in [0.25, 0.3) is 11.1 Å². The minimum absolute atomic E-state index is 0.134. The predicted octanol–water partition coefficient (Wildman–Crippen LogP) is 6.22. The lowest BCUT2D eigenvalue weighted by Gasteiger charge is -2.19. The van der Waals surface area contributed by atoms with Gasteiger partial charge in [-0.2, -0.15) is 13.2 Å². The highest BCUT2D eigenvalue weighted by Gasteiger charge is 2.38. The number of hydrogen-bond donors (Lipinski definition) is 0. The van der Waals surface area contributed by atoms with Gasteiger partial charge >= 0.3 is 6.18 Å². The number of rotatable bonds is 4. The Balaban J connectivity index is 2.34. The zero-order valence-electron chi connectivity index (χ0n) is 14.1. The van der Waals surface area contributed by atoms with Gasteiger partial charge in [-0.3, -0.25) is 0 Å². The number of benzene rings is 3. The lowest BCUT2D eigenvalue weighted by atomic mass is 9.89. The standard InChI is InChI=1S/C22H17F3O/c1-26-19-14-12-17(13-15-19)20(16-8-4-2-5-9-16)21(22(23,24)25)18-10-6-3-7-11-18/h2-15H,1H3/b21-20-. The highest BCUT2D eigenvalue weighted by molar-refractivity contribution is 6.00. The Morgan fingerprint density at radius 2 is 1.12 bits per heavy atom. The van der Waals surface area contributed by atoms with Crippen molar-refractivity contribution in [2.75, 3.05) is 7.11 Å². The Bertz CT molecular complexity index is 880. The fraction of sp³-hybridized carbons (Fsp3) is 0.0909. The van der Waals surface area contributed by atoms with E-state index < -0.39 is 11.7 Å². The molecule has 0 spiro atoms. The van der Waals surface area contributed by atoms with E-state index in [2.05, 4.69) is 0 Å². The number of ether oxygens (including phenoxy) is 1. The van der Waals surface area contributed by atoms with Crippen LogP contribution in [0.3, 0.4) is 0 Å². The van der Waals surface area contributed by atoms with Crippen LogP contribution >= 0.6 is 0 Å². The summed E-state index contributed by atoms with van der Waals surface area (Å²) in [6.07, 6.45) is -4.51. The lowest BCUT2D eigenvalue weighted by Crippen LogP contribution is -2.13. The summed E-state index contributed by atoms with van der Waals surface area (Å²) in [4.78, 5) is 0. The molecule has 0 bridgehead atoms. The van der Waals surface area contributed by atoms with Gasteiger partial charge in [0.25, 0.3) is 0 Å². The Morgan fingerprint density at radius 1 is 0.654 bits per heavy atom. The van der Waals surface area contributed by atoms with E-state index in [1.165, 1.54) is 19.2 Å². The van der Waals surface area contributed by atoms with E-state index in [1.54, 1.807) is 72.8 Å². The molecule has 1 nitrogen and oxygen atoms in total. The van der Waals surface area contributed by atoms with Crippen LogP contribution in [0.1, 0.15) is 16.7 Å². The molecular weight excluding hydrogens is 337 g/mol. The molecule has 0 radical (unpaired) electrons. The zero-order valence-corrected chi connectivity index (χ0v) is 14.1.